The summed E-state index contributed by atoms with van der Waals surface area (Å²) in [6, 6.07) is 0. The van der Waals surface area contributed by atoms with Crippen molar-refractivity contribution in [3.8, 4) is 0 Å². The van der Waals surface area contributed by atoms with Crippen LogP contribution in [0.2, 0.25) is 0 Å². The number of rotatable bonds is 16. The minimum absolute atomic E-state index is 0. The van der Waals surface area contributed by atoms with Crippen LogP contribution in [0.25, 0.3) is 0 Å². The zero-order chi connectivity index (χ0) is 31.5. The smallest absolute Gasteiger partial charge is 0.550 e. The maximum atomic E-state index is 10.4. The molecule has 0 aromatic rings. The Hall–Kier alpha value is 2.11. The molecule has 0 amide bonds. The van der Waals surface area contributed by atoms with Gasteiger partial charge in [0.05, 0.1) is 42.2 Å². The average Bonchev–Trinajstić information content (AvgIpc) is 2.69. The molecule has 21 nitrogen and oxygen atoms in total. The van der Waals surface area contributed by atoms with Crippen LogP contribution in [0.15, 0.2) is 0 Å². The predicted molar refractivity (Wildman–Crippen MR) is 97.4 cm³/mol. The second-order valence-corrected chi connectivity index (χ2v) is 6.94. The number of carbonyl (C=O) groups excluding carboxylic acids is 7. The molecule has 3 N–H and O–H groups in total. The molecule has 0 aliphatic heterocycles. The molecule has 0 saturated carbocycles. The molecule has 1 unspecified atom stereocenters. The number of hydrogen-bond donors (Lipinski definition) is 3. The van der Waals surface area contributed by atoms with E-state index in [0.29, 0.717) is 0 Å². The zero-order valence-corrected chi connectivity index (χ0v) is 40.4. The molecule has 0 bridgehead atoms. The summed E-state index contributed by atoms with van der Waals surface area (Å²) in [7, 11) is 0. The first-order chi connectivity index (χ1) is 17.6. The summed E-state index contributed by atoms with van der Waals surface area (Å²) in [5.74, 6) is -15.8. The third-order valence-corrected chi connectivity index (χ3v) is 3.59. The summed E-state index contributed by atoms with van der Waals surface area (Å²) in [5, 5.41) is 95.0. The SMILES string of the molecule is O=C([O-])C(=O)[O-].O=C([O-])CC(O)(CC(=O)O)C(=O)O.O=C([O-])CN(CCN(CC(=O)[O-])CC(=O)[O-])CC(=O)[O-].[Na+].[Na+].[Na+].[Na+].[Na+].[Na+].[Na+]. The van der Waals surface area contributed by atoms with Gasteiger partial charge in [-0.15, -0.1) is 0 Å². The molecule has 0 fully saturated rings. The summed E-state index contributed by atoms with van der Waals surface area (Å²) in [5.41, 5.74) is -2.80. The van der Waals surface area contributed by atoms with Gasteiger partial charge in [0.1, 0.15) is 0 Å². The molecule has 0 aliphatic rings. The fraction of sp³-hybridized carbons (Fsp3) is 0.500. The van der Waals surface area contributed by atoms with Gasteiger partial charge in [-0.1, -0.05) is 0 Å². The summed E-state index contributed by atoms with van der Waals surface area (Å²) < 4.78 is 0. The molecule has 28 heteroatoms. The van der Waals surface area contributed by atoms with Gasteiger partial charge in [0.25, 0.3) is 0 Å². The second kappa shape index (κ2) is 41.5. The first-order valence-electron chi connectivity index (χ1n) is 9.66. The van der Waals surface area contributed by atoms with Crippen LogP contribution in [0, 0.1) is 0 Å². The van der Waals surface area contributed by atoms with Crippen molar-refractivity contribution in [1.82, 2.24) is 9.80 Å². The van der Waals surface area contributed by atoms with Crippen molar-refractivity contribution in [2.75, 3.05) is 39.3 Å². The van der Waals surface area contributed by atoms with E-state index in [1.54, 1.807) is 0 Å². The summed E-state index contributed by atoms with van der Waals surface area (Å²) in [6.45, 7) is -3.25. The van der Waals surface area contributed by atoms with Gasteiger partial charge in [0, 0.05) is 51.7 Å². The third kappa shape index (κ3) is 50.5. The van der Waals surface area contributed by atoms with Gasteiger partial charge < -0.3 is 84.6 Å². The van der Waals surface area contributed by atoms with Gasteiger partial charge in [0.2, 0.25) is 0 Å². The van der Waals surface area contributed by atoms with E-state index in [9.17, 15) is 59.1 Å². The fourth-order valence-corrected chi connectivity index (χ4v) is 2.14. The van der Waals surface area contributed by atoms with Crippen LogP contribution in [0.4, 0.5) is 0 Å². The zero-order valence-electron chi connectivity index (χ0n) is 26.4. The topological polar surface area (TPSA) is 382 Å². The normalized spacial score (nSPS) is 9.72. The van der Waals surface area contributed by atoms with E-state index in [1.165, 1.54) is 0 Å². The molecular weight excluding hydrogens is 709 g/mol. The van der Waals surface area contributed by atoms with Crippen molar-refractivity contribution < 1.29 is 301 Å². The van der Waals surface area contributed by atoms with E-state index < -0.39 is 98.3 Å². The number of aliphatic hydroxyl groups is 1. The van der Waals surface area contributed by atoms with Gasteiger partial charge in [-0.25, -0.2) is 4.79 Å². The molecule has 46 heavy (non-hydrogen) atoms. The van der Waals surface area contributed by atoms with Crippen LogP contribution in [-0.2, 0) is 43.2 Å². The fourth-order valence-electron chi connectivity index (χ4n) is 2.14. The Morgan fingerprint density at radius 3 is 0.826 bits per heavy atom. The summed E-state index contributed by atoms with van der Waals surface area (Å²) in [4.78, 5) is 91.6. The van der Waals surface area contributed by atoms with Crippen molar-refractivity contribution in [2.24, 2.45) is 0 Å². The Labute approximate surface area is 415 Å². The Balaban J connectivity index is -0.0000000549. The van der Waals surface area contributed by atoms with Gasteiger partial charge in [-0.05, 0) is 0 Å². The standard InChI is InChI=1S/C10H16N2O8.C6H8O7.C2H2O4.7Na/c13-7(14)3-11(4-8(15)16)1-2-12(5-9(17)18)6-10(19)20;7-3(8)1-6(13,5(11)12)2-4(9)10;3-1(4)2(5)6;;;;;;;/h1-6H2,(H,13,14)(H,15,16)(H,17,18)(H,19,20);13H,1-2H2,(H,7,8)(H,9,10)(H,11,12);(H,3,4)(H,5,6);;;;;;;/q;;;7*+1/p-7. The maximum Gasteiger partial charge on any atom is 1.00 e. The predicted octanol–water partition coefficient (Wildman–Crippen LogP) is -34.5. The van der Waals surface area contributed by atoms with Crippen molar-refractivity contribution in [3.05, 3.63) is 0 Å². The van der Waals surface area contributed by atoms with E-state index in [2.05, 4.69) is 0 Å². The first-order valence-corrected chi connectivity index (χ1v) is 9.66. The largest absolute Gasteiger partial charge is 1.00 e. The molecule has 0 aromatic carbocycles. The molecule has 0 heterocycles. The molecule has 0 spiro atoms. The van der Waals surface area contributed by atoms with Crippen molar-refractivity contribution in [2.45, 2.75) is 18.4 Å². The third-order valence-electron chi connectivity index (χ3n) is 3.59. The quantitative estimate of drug-likeness (QED) is 0.0980. The molecule has 0 aromatic heterocycles. The van der Waals surface area contributed by atoms with Crippen LogP contribution < -0.4 is 243 Å². The molecule has 0 aliphatic carbocycles. The van der Waals surface area contributed by atoms with E-state index in [1.807, 2.05) is 0 Å². The minimum Gasteiger partial charge on any atom is -0.550 e. The van der Waals surface area contributed by atoms with Crippen molar-refractivity contribution in [3.63, 3.8) is 0 Å². The van der Waals surface area contributed by atoms with E-state index in [-0.39, 0.29) is 220 Å². The van der Waals surface area contributed by atoms with E-state index >= 15 is 0 Å². The van der Waals surface area contributed by atoms with Gasteiger partial charge in [-0.3, -0.25) is 14.6 Å². The Kier molecular flexibility index (Phi) is 66.4. The Bertz CT molecular complexity index is 862. The Morgan fingerprint density at radius 2 is 0.696 bits per heavy atom. The number of hydrogen-bond acceptors (Lipinski definition) is 19. The first kappa shape index (κ1) is 73.5. The molecular formula is C18H19N2Na7O19. The van der Waals surface area contributed by atoms with Gasteiger partial charge in [-0.2, -0.15) is 0 Å². The molecule has 0 radical (unpaired) electrons. The van der Waals surface area contributed by atoms with E-state index in [0.717, 1.165) is 9.80 Å². The van der Waals surface area contributed by atoms with Gasteiger partial charge in [0.15, 0.2) is 5.60 Å². The summed E-state index contributed by atoms with van der Waals surface area (Å²) in [6.07, 6.45) is -2.44. The minimum atomic E-state index is -2.80. The maximum absolute atomic E-state index is 10.4. The molecule has 0 rings (SSSR count). The number of carboxylic acids is 9. The number of carboxylic acid groups (broad SMARTS) is 9. The molecule has 1 atom stereocenters. The number of nitrogens with zero attached hydrogens (tertiary/aromatic N) is 2. The van der Waals surface area contributed by atoms with Crippen LogP contribution >= 0.6 is 0 Å². The molecule has 222 valence electrons. The van der Waals surface area contributed by atoms with Crippen LogP contribution in [0.3, 0.4) is 0 Å². The van der Waals surface area contributed by atoms with Gasteiger partial charge >= 0.3 is 219 Å². The number of aliphatic carboxylic acids is 9. The monoisotopic (exact) mass is 728 g/mol. The summed E-state index contributed by atoms with van der Waals surface area (Å²) >= 11 is 0. The van der Waals surface area contributed by atoms with E-state index in [4.69, 9.17) is 35.1 Å². The van der Waals surface area contributed by atoms with Crippen LogP contribution in [-0.4, -0.2) is 124 Å². The average molecular weight is 728 g/mol. The number of carbonyl (C=O) groups is 9. The Morgan fingerprint density at radius 1 is 0.457 bits per heavy atom. The van der Waals surface area contributed by atoms with Crippen LogP contribution in [0.1, 0.15) is 12.8 Å². The van der Waals surface area contributed by atoms with Crippen molar-refractivity contribution in [1.29, 1.82) is 0 Å². The second-order valence-electron chi connectivity index (χ2n) is 6.94. The van der Waals surface area contributed by atoms with Crippen molar-refractivity contribution >= 4 is 53.7 Å². The van der Waals surface area contributed by atoms with Crippen LogP contribution in [0.5, 0.6) is 0 Å². The molecule has 0 saturated heterocycles.